The van der Waals surface area contributed by atoms with Crippen LogP contribution in [-0.4, -0.2) is 62.7 Å². The van der Waals surface area contributed by atoms with Crippen molar-refractivity contribution in [3.63, 3.8) is 0 Å². The SMILES string of the molecule is CC(CN1CCN(c2ccccc2)CC1)NC(=O)CCC1CCNC1. The second kappa shape index (κ2) is 9.20. The molecular weight excluding hydrogens is 312 g/mol. The number of rotatable bonds is 7. The van der Waals surface area contributed by atoms with E-state index in [2.05, 4.69) is 57.7 Å². The van der Waals surface area contributed by atoms with Gasteiger partial charge in [-0.25, -0.2) is 0 Å². The number of para-hydroxylation sites is 1. The maximum atomic E-state index is 12.1. The van der Waals surface area contributed by atoms with E-state index in [1.54, 1.807) is 0 Å². The van der Waals surface area contributed by atoms with Gasteiger partial charge in [0.1, 0.15) is 0 Å². The van der Waals surface area contributed by atoms with E-state index in [1.807, 2.05) is 0 Å². The highest BCUT2D eigenvalue weighted by molar-refractivity contribution is 5.76. The summed E-state index contributed by atoms with van der Waals surface area (Å²) < 4.78 is 0. The van der Waals surface area contributed by atoms with E-state index in [-0.39, 0.29) is 11.9 Å². The average Bonchev–Trinajstić information content (AvgIpc) is 3.15. The van der Waals surface area contributed by atoms with E-state index in [4.69, 9.17) is 0 Å². The normalized spacial score (nSPS) is 22.8. The van der Waals surface area contributed by atoms with Crippen molar-refractivity contribution < 1.29 is 4.79 Å². The highest BCUT2D eigenvalue weighted by atomic mass is 16.1. The molecule has 2 fully saturated rings. The minimum absolute atomic E-state index is 0.210. The molecule has 25 heavy (non-hydrogen) atoms. The first-order chi connectivity index (χ1) is 12.2. The van der Waals surface area contributed by atoms with E-state index < -0.39 is 0 Å². The lowest BCUT2D eigenvalue weighted by atomic mass is 10.0. The minimum atomic E-state index is 0.210. The molecule has 0 bridgehead atoms. The van der Waals surface area contributed by atoms with Gasteiger partial charge in [-0.1, -0.05) is 18.2 Å². The molecule has 2 N–H and O–H groups in total. The molecular formula is C20H32N4O. The molecule has 138 valence electrons. The molecule has 2 atom stereocenters. The van der Waals surface area contributed by atoms with Crippen LogP contribution in [0.3, 0.4) is 0 Å². The van der Waals surface area contributed by atoms with E-state index in [9.17, 15) is 4.79 Å². The number of hydrogen-bond acceptors (Lipinski definition) is 4. The topological polar surface area (TPSA) is 47.6 Å². The van der Waals surface area contributed by atoms with E-state index >= 15 is 0 Å². The van der Waals surface area contributed by atoms with Crippen molar-refractivity contribution in [2.45, 2.75) is 32.2 Å². The molecule has 0 saturated carbocycles. The molecule has 0 aliphatic carbocycles. The fourth-order valence-corrected chi connectivity index (χ4v) is 3.90. The molecule has 0 spiro atoms. The number of nitrogens with zero attached hydrogens (tertiary/aromatic N) is 2. The summed E-state index contributed by atoms with van der Waals surface area (Å²) in [6, 6.07) is 10.8. The van der Waals surface area contributed by atoms with Crippen molar-refractivity contribution in [3.8, 4) is 0 Å². The van der Waals surface area contributed by atoms with Crippen LogP contribution in [0.2, 0.25) is 0 Å². The number of hydrogen-bond donors (Lipinski definition) is 2. The van der Waals surface area contributed by atoms with Gasteiger partial charge in [-0.15, -0.1) is 0 Å². The van der Waals surface area contributed by atoms with Gasteiger partial charge in [-0.3, -0.25) is 9.69 Å². The molecule has 2 saturated heterocycles. The number of benzene rings is 1. The van der Waals surface area contributed by atoms with E-state index in [1.165, 1.54) is 12.1 Å². The Morgan fingerprint density at radius 1 is 1.24 bits per heavy atom. The maximum absolute atomic E-state index is 12.1. The zero-order valence-electron chi connectivity index (χ0n) is 15.4. The fourth-order valence-electron chi connectivity index (χ4n) is 3.90. The van der Waals surface area contributed by atoms with Gasteiger partial charge >= 0.3 is 0 Å². The van der Waals surface area contributed by atoms with Gasteiger partial charge in [0, 0.05) is 50.9 Å². The van der Waals surface area contributed by atoms with Gasteiger partial charge in [0.05, 0.1) is 0 Å². The standard InChI is InChI=1S/C20H32N4O/c1-17(22-20(25)8-7-18-9-10-21-15-18)16-23-11-13-24(14-12-23)19-5-3-2-4-6-19/h2-6,17-18,21H,7-16H2,1H3,(H,22,25). The Labute approximate surface area is 151 Å². The number of amides is 1. The largest absolute Gasteiger partial charge is 0.369 e. The molecule has 2 aliphatic heterocycles. The Kier molecular flexibility index (Phi) is 6.70. The van der Waals surface area contributed by atoms with Crippen molar-refractivity contribution in [3.05, 3.63) is 30.3 Å². The summed E-state index contributed by atoms with van der Waals surface area (Å²) in [4.78, 5) is 17.0. The lowest BCUT2D eigenvalue weighted by Gasteiger charge is -2.37. The molecule has 1 aromatic rings. The second-order valence-corrected chi connectivity index (χ2v) is 7.49. The number of nitrogens with one attached hydrogen (secondary N) is 2. The molecule has 0 aromatic heterocycles. The van der Waals surface area contributed by atoms with Crippen molar-refractivity contribution >= 4 is 11.6 Å². The van der Waals surface area contributed by atoms with Gasteiger partial charge < -0.3 is 15.5 Å². The third-order valence-corrected chi connectivity index (χ3v) is 5.38. The summed E-state index contributed by atoms with van der Waals surface area (Å²) in [6.07, 6.45) is 2.90. The van der Waals surface area contributed by atoms with Crippen LogP contribution < -0.4 is 15.5 Å². The van der Waals surface area contributed by atoms with Crippen LogP contribution in [0.15, 0.2) is 30.3 Å². The van der Waals surface area contributed by atoms with Crippen molar-refractivity contribution in [2.75, 3.05) is 50.7 Å². The molecule has 0 radical (unpaired) electrons. The quantitative estimate of drug-likeness (QED) is 0.790. The molecule has 5 nitrogen and oxygen atoms in total. The van der Waals surface area contributed by atoms with Gasteiger partial charge in [-0.2, -0.15) is 0 Å². The number of piperazine rings is 1. The monoisotopic (exact) mass is 344 g/mol. The number of anilines is 1. The van der Waals surface area contributed by atoms with Crippen LogP contribution in [0.25, 0.3) is 0 Å². The Morgan fingerprint density at radius 3 is 2.68 bits per heavy atom. The van der Waals surface area contributed by atoms with Gasteiger partial charge in [0.2, 0.25) is 5.91 Å². The second-order valence-electron chi connectivity index (χ2n) is 7.49. The first-order valence-electron chi connectivity index (χ1n) is 9.73. The number of carbonyl (C=O) groups excluding carboxylic acids is 1. The van der Waals surface area contributed by atoms with Crippen molar-refractivity contribution in [1.82, 2.24) is 15.5 Å². The third-order valence-electron chi connectivity index (χ3n) is 5.38. The summed E-state index contributed by atoms with van der Waals surface area (Å²) in [6.45, 7) is 9.48. The van der Waals surface area contributed by atoms with Crippen LogP contribution in [0.5, 0.6) is 0 Å². The van der Waals surface area contributed by atoms with Crippen molar-refractivity contribution in [1.29, 1.82) is 0 Å². The Balaban J connectivity index is 1.33. The van der Waals surface area contributed by atoms with Crippen LogP contribution in [-0.2, 0) is 4.79 Å². The minimum Gasteiger partial charge on any atom is -0.369 e. The molecule has 1 aromatic carbocycles. The third kappa shape index (κ3) is 5.72. The molecule has 2 aliphatic rings. The summed E-state index contributed by atoms with van der Waals surface area (Å²) in [5.74, 6) is 0.898. The Bertz CT molecular complexity index is 522. The molecule has 3 rings (SSSR count). The van der Waals surface area contributed by atoms with Gasteiger partial charge in [0.15, 0.2) is 0 Å². The number of carbonyl (C=O) groups is 1. The molecule has 2 unspecified atom stereocenters. The van der Waals surface area contributed by atoms with E-state index in [0.717, 1.165) is 52.2 Å². The zero-order valence-corrected chi connectivity index (χ0v) is 15.4. The van der Waals surface area contributed by atoms with Crippen LogP contribution >= 0.6 is 0 Å². The molecule has 1 amide bonds. The summed E-state index contributed by atoms with van der Waals surface area (Å²) >= 11 is 0. The summed E-state index contributed by atoms with van der Waals surface area (Å²) in [7, 11) is 0. The van der Waals surface area contributed by atoms with Crippen molar-refractivity contribution in [2.24, 2.45) is 5.92 Å². The first kappa shape index (κ1) is 18.2. The lowest BCUT2D eigenvalue weighted by Crippen LogP contribution is -2.50. The summed E-state index contributed by atoms with van der Waals surface area (Å²) in [5.41, 5.74) is 1.31. The maximum Gasteiger partial charge on any atom is 0.220 e. The zero-order chi connectivity index (χ0) is 17.5. The highest BCUT2D eigenvalue weighted by Gasteiger charge is 2.20. The first-order valence-corrected chi connectivity index (χ1v) is 9.73. The molecule has 2 heterocycles. The average molecular weight is 345 g/mol. The fraction of sp³-hybridized carbons (Fsp3) is 0.650. The summed E-state index contributed by atoms with van der Waals surface area (Å²) in [5, 5.41) is 6.54. The van der Waals surface area contributed by atoms with Crippen LogP contribution in [0.4, 0.5) is 5.69 Å². The Hall–Kier alpha value is -1.59. The van der Waals surface area contributed by atoms with Gasteiger partial charge in [-0.05, 0) is 50.9 Å². The van der Waals surface area contributed by atoms with Gasteiger partial charge in [0.25, 0.3) is 0 Å². The molecule has 5 heteroatoms. The highest BCUT2D eigenvalue weighted by Crippen LogP contribution is 2.16. The van der Waals surface area contributed by atoms with Crippen LogP contribution in [0, 0.1) is 5.92 Å². The Morgan fingerprint density at radius 2 is 2.00 bits per heavy atom. The predicted octanol–water partition coefficient (Wildman–Crippen LogP) is 1.70. The predicted molar refractivity (Wildman–Crippen MR) is 103 cm³/mol. The van der Waals surface area contributed by atoms with Crippen LogP contribution in [0.1, 0.15) is 26.2 Å². The van der Waals surface area contributed by atoms with E-state index in [0.29, 0.717) is 12.3 Å². The smallest absolute Gasteiger partial charge is 0.220 e. The lowest BCUT2D eigenvalue weighted by molar-refractivity contribution is -0.122.